The van der Waals surface area contributed by atoms with Crippen LogP contribution in [0.1, 0.15) is 219 Å². The van der Waals surface area contributed by atoms with E-state index in [1.807, 2.05) is 0 Å². The third kappa shape index (κ3) is 26.2. The lowest BCUT2D eigenvalue weighted by molar-refractivity contribution is -0.231. The van der Waals surface area contributed by atoms with E-state index in [4.69, 9.17) is 9.84 Å². The van der Waals surface area contributed by atoms with E-state index in [0.29, 0.717) is 45.1 Å². The van der Waals surface area contributed by atoms with Crippen molar-refractivity contribution in [3.8, 4) is 0 Å². The van der Waals surface area contributed by atoms with Crippen LogP contribution in [-0.2, 0) is 23.9 Å². The van der Waals surface area contributed by atoms with Crippen LogP contribution in [0.25, 0.3) is 0 Å². The zero-order valence-corrected chi connectivity index (χ0v) is 37.9. The summed E-state index contributed by atoms with van der Waals surface area (Å²) in [6, 6.07) is -2.67. The second kappa shape index (κ2) is 37.3. The van der Waals surface area contributed by atoms with Gasteiger partial charge in [0.25, 0.3) is 0 Å². The molecule has 352 valence electrons. The van der Waals surface area contributed by atoms with Gasteiger partial charge in [0.05, 0.1) is 13.2 Å². The largest absolute Gasteiger partial charge is 0.481 e. The summed E-state index contributed by atoms with van der Waals surface area (Å²) in [5, 5.41) is 56.3. The van der Waals surface area contributed by atoms with Gasteiger partial charge in [-0.05, 0) is 25.7 Å². The molecule has 0 aromatic carbocycles. The van der Waals surface area contributed by atoms with E-state index in [2.05, 4.69) is 24.5 Å². The highest BCUT2D eigenvalue weighted by Crippen LogP contribution is 2.26. The number of rotatable bonds is 40. The first-order chi connectivity index (χ1) is 29.1. The maximum atomic E-state index is 14.0. The third-order valence-corrected chi connectivity index (χ3v) is 12.0. The van der Waals surface area contributed by atoms with Crippen LogP contribution in [0, 0.1) is 0 Å². The lowest BCUT2D eigenvalue weighted by atomic mass is 9.94. The predicted octanol–water partition coefficient (Wildman–Crippen LogP) is 7.82. The number of aliphatic hydroxyl groups is 4. The van der Waals surface area contributed by atoms with Crippen molar-refractivity contribution >= 4 is 23.7 Å². The smallest absolute Gasteiger partial charge is 0.303 e. The van der Waals surface area contributed by atoms with Crippen LogP contribution in [0.2, 0.25) is 0 Å². The number of nitrogens with one attached hydrogen (secondary N) is 2. The molecule has 0 saturated carbocycles. The quantitative estimate of drug-likeness (QED) is 0.0298. The number of hydrogen-bond acceptors (Lipinski definition) is 9. The van der Waals surface area contributed by atoms with Gasteiger partial charge in [0.15, 0.2) is 6.23 Å². The van der Waals surface area contributed by atoms with Crippen molar-refractivity contribution in [2.24, 2.45) is 0 Å². The number of aliphatic carboxylic acids is 1. The van der Waals surface area contributed by atoms with Crippen molar-refractivity contribution in [3.05, 3.63) is 0 Å². The molecule has 0 aromatic rings. The number of carbonyl (C=O) groups is 4. The summed E-state index contributed by atoms with van der Waals surface area (Å²) in [5.74, 6) is -2.35. The Morgan fingerprint density at radius 1 is 0.567 bits per heavy atom. The van der Waals surface area contributed by atoms with Crippen LogP contribution < -0.4 is 10.6 Å². The van der Waals surface area contributed by atoms with E-state index >= 15 is 0 Å². The van der Waals surface area contributed by atoms with Crippen molar-refractivity contribution in [1.29, 1.82) is 0 Å². The van der Waals surface area contributed by atoms with Gasteiger partial charge in [-0.25, -0.2) is 0 Å². The standard InChI is InChI=1S/C47H89N3O10/c1-3-5-7-9-11-13-14-15-16-17-18-19-21-23-27-31-35-50(41(54)33-29-24-22-20-12-10-8-6-4-2)47-43(45(58)44(57)39(37-52)60-47)49-46(59)38(36-51)48-40(53)32-28-25-26-30-34-42(55)56/h38-39,43-45,47,51-52,57-58H,3-37H2,1-2H3,(H,48,53)(H,49,59)(H,55,56)/t38-,39+,43-,44+,45+,47+/m0/s1. The Kier molecular flexibility index (Phi) is 34.6. The van der Waals surface area contributed by atoms with Gasteiger partial charge in [-0.3, -0.25) is 19.2 Å². The molecule has 1 rings (SSSR count). The van der Waals surface area contributed by atoms with Crippen LogP contribution in [0.4, 0.5) is 0 Å². The van der Waals surface area contributed by atoms with Gasteiger partial charge >= 0.3 is 5.97 Å². The molecule has 0 unspecified atom stereocenters. The SMILES string of the molecule is CCCCCCCCCCCCCCCCCCN(C(=O)CCCCCCCCCCC)[C@@H]1O[C@H](CO)[C@@H](O)[C@H](O)[C@@H]1NC(=O)[C@H](CO)NC(=O)CCCCCCC(=O)O. The maximum absolute atomic E-state index is 14.0. The van der Waals surface area contributed by atoms with Gasteiger partial charge in [0.1, 0.15) is 30.4 Å². The Morgan fingerprint density at radius 2 is 0.983 bits per heavy atom. The lowest BCUT2D eigenvalue weighted by Crippen LogP contribution is -2.70. The molecule has 1 fully saturated rings. The fourth-order valence-corrected chi connectivity index (χ4v) is 8.12. The summed E-state index contributed by atoms with van der Waals surface area (Å²) in [7, 11) is 0. The highest BCUT2D eigenvalue weighted by Gasteiger charge is 2.48. The topological polar surface area (TPSA) is 206 Å². The lowest BCUT2D eigenvalue weighted by Gasteiger charge is -2.47. The average molecular weight is 856 g/mol. The second-order valence-corrected chi connectivity index (χ2v) is 17.3. The number of nitrogens with zero attached hydrogens (tertiary/aromatic N) is 1. The maximum Gasteiger partial charge on any atom is 0.303 e. The van der Waals surface area contributed by atoms with Crippen molar-refractivity contribution in [2.75, 3.05) is 19.8 Å². The number of amides is 3. The molecule has 13 heteroatoms. The number of aliphatic hydroxyl groups excluding tert-OH is 4. The molecule has 3 amide bonds. The monoisotopic (exact) mass is 856 g/mol. The first-order valence-electron chi connectivity index (χ1n) is 24.4. The number of carboxylic acid groups (broad SMARTS) is 1. The zero-order valence-electron chi connectivity index (χ0n) is 37.9. The summed E-state index contributed by atoms with van der Waals surface area (Å²) in [6.07, 6.45) is 26.3. The number of hydrogen-bond donors (Lipinski definition) is 7. The minimum Gasteiger partial charge on any atom is -0.481 e. The van der Waals surface area contributed by atoms with Crippen molar-refractivity contribution < 1.29 is 49.4 Å². The molecule has 1 heterocycles. The van der Waals surface area contributed by atoms with E-state index in [1.165, 1.54) is 114 Å². The highest BCUT2D eigenvalue weighted by atomic mass is 16.5. The number of carbonyl (C=O) groups excluding carboxylic acids is 3. The summed E-state index contributed by atoms with van der Waals surface area (Å²) in [4.78, 5) is 52.5. The average Bonchev–Trinajstić information content (AvgIpc) is 3.23. The molecular formula is C47H89N3O10. The van der Waals surface area contributed by atoms with E-state index in [9.17, 15) is 39.6 Å². The molecule has 0 bridgehead atoms. The van der Waals surface area contributed by atoms with Gasteiger partial charge in [-0.15, -0.1) is 0 Å². The van der Waals surface area contributed by atoms with E-state index in [-0.39, 0.29) is 25.2 Å². The molecule has 0 spiro atoms. The molecule has 0 aromatic heterocycles. The van der Waals surface area contributed by atoms with Crippen molar-refractivity contribution in [3.63, 3.8) is 0 Å². The predicted molar refractivity (Wildman–Crippen MR) is 237 cm³/mol. The van der Waals surface area contributed by atoms with Crippen LogP contribution >= 0.6 is 0 Å². The van der Waals surface area contributed by atoms with Gasteiger partial charge < -0.3 is 45.8 Å². The van der Waals surface area contributed by atoms with Crippen LogP contribution in [0.3, 0.4) is 0 Å². The first-order valence-corrected chi connectivity index (χ1v) is 24.4. The summed E-state index contributed by atoms with van der Waals surface area (Å²) in [6.45, 7) is 3.42. The molecule has 0 radical (unpaired) electrons. The van der Waals surface area contributed by atoms with E-state index < -0.39 is 67.6 Å². The number of ether oxygens (including phenoxy) is 1. The molecular weight excluding hydrogens is 767 g/mol. The first kappa shape index (κ1) is 55.7. The molecule has 0 aliphatic carbocycles. The Morgan fingerprint density at radius 3 is 1.42 bits per heavy atom. The number of carboxylic acids is 1. The van der Waals surface area contributed by atoms with Crippen LogP contribution in [0.5, 0.6) is 0 Å². The zero-order chi connectivity index (χ0) is 44.2. The number of unbranched alkanes of at least 4 members (excludes halogenated alkanes) is 26. The minimum absolute atomic E-state index is 0.0617. The van der Waals surface area contributed by atoms with Gasteiger partial charge in [0, 0.05) is 25.8 Å². The Balaban J connectivity index is 2.86. The Labute approximate surface area is 363 Å². The molecule has 1 saturated heterocycles. The van der Waals surface area contributed by atoms with E-state index in [0.717, 1.165) is 38.5 Å². The highest BCUT2D eigenvalue weighted by molar-refractivity contribution is 5.88. The summed E-state index contributed by atoms with van der Waals surface area (Å²) < 4.78 is 6.12. The molecule has 1 aliphatic rings. The Bertz CT molecular complexity index is 1100. The summed E-state index contributed by atoms with van der Waals surface area (Å²) in [5.41, 5.74) is 0. The second-order valence-electron chi connectivity index (χ2n) is 17.3. The molecule has 1 aliphatic heterocycles. The molecule has 60 heavy (non-hydrogen) atoms. The van der Waals surface area contributed by atoms with Crippen molar-refractivity contribution in [1.82, 2.24) is 15.5 Å². The van der Waals surface area contributed by atoms with E-state index in [1.54, 1.807) is 0 Å². The van der Waals surface area contributed by atoms with Crippen LogP contribution in [-0.4, -0.2) is 111 Å². The van der Waals surface area contributed by atoms with Crippen LogP contribution in [0.15, 0.2) is 0 Å². The third-order valence-electron chi connectivity index (χ3n) is 12.0. The van der Waals surface area contributed by atoms with Crippen molar-refractivity contribution in [2.45, 2.75) is 256 Å². The fraction of sp³-hybridized carbons (Fsp3) is 0.915. The molecule has 7 N–H and O–H groups in total. The normalized spacial score (nSPS) is 19.5. The minimum atomic E-state index is -1.61. The summed E-state index contributed by atoms with van der Waals surface area (Å²) >= 11 is 0. The Hall–Kier alpha value is -2.32. The van der Waals surface area contributed by atoms with Gasteiger partial charge in [0.2, 0.25) is 17.7 Å². The van der Waals surface area contributed by atoms with Gasteiger partial charge in [-0.1, -0.05) is 174 Å². The van der Waals surface area contributed by atoms with Gasteiger partial charge in [-0.2, -0.15) is 0 Å². The molecule has 13 nitrogen and oxygen atoms in total. The fourth-order valence-electron chi connectivity index (χ4n) is 8.12. The molecule has 6 atom stereocenters.